The molecule has 4 rings (SSSR count). The minimum Gasteiger partial charge on any atom is -0.467 e. The number of rotatable bonds is 6. The van der Waals surface area contributed by atoms with Gasteiger partial charge in [0, 0.05) is 24.8 Å². The van der Waals surface area contributed by atoms with Crippen molar-refractivity contribution in [3.8, 4) is 6.01 Å². The molecule has 0 saturated heterocycles. The normalized spacial score (nSPS) is 15.3. The Morgan fingerprint density at radius 3 is 2.79 bits per heavy atom. The predicted octanol–water partition coefficient (Wildman–Crippen LogP) is 3.17. The van der Waals surface area contributed by atoms with Gasteiger partial charge in [0.25, 0.3) is 0 Å². The third-order valence-corrected chi connectivity index (χ3v) is 5.01. The number of benzene rings is 2. The first-order valence-electron chi connectivity index (χ1n) is 9.47. The minimum atomic E-state index is -0.281. The molecule has 0 radical (unpaired) electrons. The van der Waals surface area contributed by atoms with Crippen molar-refractivity contribution in [1.82, 2.24) is 15.0 Å². The molecule has 0 fully saturated rings. The molecule has 1 aliphatic heterocycles. The van der Waals surface area contributed by atoms with Gasteiger partial charge in [0.2, 0.25) is 11.9 Å². The quantitative estimate of drug-likeness (QED) is 0.664. The van der Waals surface area contributed by atoms with Crippen molar-refractivity contribution in [2.75, 3.05) is 17.3 Å². The summed E-state index contributed by atoms with van der Waals surface area (Å²) >= 11 is 0. The maximum absolute atomic E-state index is 13.4. The van der Waals surface area contributed by atoms with E-state index in [0.29, 0.717) is 25.0 Å². The van der Waals surface area contributed by atoms with E-state index >= 15 is 0 Å². The van der Waals surface area contributed by atoms with E-state index < -0.39 is 0 Å². The molecule has 3 aromatic rings. The molecular formula is C21H23FN6O. The topological polar surface area (TPSA) is 89.2 Å². The average Bonchev–Trinajstić information content (AvgIpc) is 3.08. The van der Waals surface area contributed by atoms with Crippen molar-refractivity contribution in [2.24, 2.45) is 5.73 Å². The molecule has 8 heteroatoms. The lowest BCUT2D eigenvalue weighted by atomic mass is 10.0. The lowest BCUT2D eigenvalue weighted by Gasteiger charge is -2.23. The summed E-state index contributed by atoms with van der Waals surface area (Å²) in [6, 6.07) is 12.9. The van der Waals surface area contributed by atoms with Crippen molar-refractivity contribution < 1.29 is 9.13 Å². The Kier molecular flexibility index (Phi) is 5.26. The number of nitrogens with one attached hydrogen (secondary N) is 1. The second-order valence-corrected chi connectivity index (χ2v) is 6.97. The molecular weight excluding hydrogens is 371 g/mol. The summed E-state index contributed by atoms with van der Waals surface area (Å²) in [4.78, 5) is 15.4. The van der Waals surface area contributed by atoms with Crippen molar-refractivity contribution in [2.45, 2.75) is 32.5 Å². The first kappa shape index (κ1) is 19.1. The van der Waals surface area contributed by atoms with Crippen LogP contribution in [0, 0.1) is 5.82 Å². The summed E-state index contributed by atoms with van der Waals surface area (Å²) < 4.78 is 18.7. The van der Waals surface area contributed by atoms with Crippen LogP contribution in [0.5, 0.6) is 6.01 Å². The number of fused-ring (bicyclic) bond motifs is 1. The number of halogens is 1. The summed E-state index contributed by atoms with van der Waals surface area (Å²) in [5.41, 5.74) is 10.1. The number of ether oxygens (including phenoxy) is 1. The molecule has 3 N–H and O–H groups in total. The number of hydrogen-bond donors (Lipinski definition) is 2. The third-order valence-electron chi connectivity index (χ3n) is 5.01. The Morgan fingerprint density at radius 2 is 2.03 bits per heavy atom. The van der Waals surface area contributed by atoms with Gasteiger partial charge in [-0.05, 0) is 48.2 Å². The second kappa shape index (κ2) is 8.00. The van der Waals surface area contributed by atoms with Gasteiger partial charge in [-0.15, -0.1) is 0 Å². The van der Waals surface area contributed by atoms with Gasteiger partial charge in [0.05, 0.1) is 7.11 Å². The predicted molar refractivity (Wildman–Crippen MR) is 110 cm³/mol. The van der Waals surface area contributed by atoms with Crippen LogP contribution in [-0.2, 0) is 19.5 Å². The van der Waals surface area contributed by atoms with Gasteiger partial charge in [-0.1, -0.05) is 24.3 Å². The molecule has 1 aromatic heterocycles. The number of nitrogens with zero attached hydrogens (tertiary/aromatic N) is 4. The van der Waals surface area contributed by atoms with E-state index in [2.05, 4.69) is 38.2 Å². The Bertz CT molecular complexity index is 1030. The zero-order valence-corrected chi connectivity index (χ0v) is 16.4. The molecule has 7 nitrogen and oxygen atoms in total. The van der Waals surface area contributed by atoms with Crippen LogP contribution in [-0.4, -0.2) is 28.1 Å². The van der Waals surface area contributed by atoms with Crippen molar-refractivity contribution >= 4 is 17.6 Å². The number of aromatic nitrogens is 3. The molecule has 0 bridgehead atoms. The molecule has 1 unspecified atom stereocenters. The molecule has 0 spiro atoms. The lowest BCUT2D eigenvalue weighted by Crippen LogP contribution is -2.26. The van der Waals surface area contributed by atoms with E-state index in [1.807, 2.05) is 18.2 Å². The second-order valence-electron chi connectivity index (χ2n) is 6.97. The number of nitrogens with two attached hydrogens (primary N) is 1. The van der Waals surface area contributed by atoms with Crippen LogP contribution in [0.1, 0.15) is 23.6 Å². The third kappa shape index (κ3) is 3.84. The van der Waals surface area contributed by atoms with E-state index in [4.69, 9.17) is 10.5 Å². The van der Waals surface area contributed by atoms with Gasteiger partial charge >= 0.3 is 6.01 Å². The smallest absolute Gasteiger partial charge is 0.322 e. The molecule has 2 aromatic carbocycles. The van der Waals surface area contributed by atoms with Gasteiger partial charge in [0.15, 0.2) is 0 Å². The van der Waals surface area contributed by atoms with Crippen LogP contribution in [0.25, 0.3) is 0 Å². The van der Waals surface area contributed by atoms with Crippen molar-refractivity contribution in [3.05, 3.63) is 65.0 Å². The lowest BCUT2D eigenvalue weighted by molar-refractivity contribution is 0.379. The Labute approximate surface area is 168 Å². The first-order valence-corrected chi connectivity index (χ1v) is 9.47. The van der Waals surface area contributed by atoms with E-state index in [9.17, 15) is 4.39 Å². The van der Waals surface area contributed by atoms with Gasteiger partial charge in [-0.2, -0.15) is 15.0 Å². The summed E-state index contributed by atoms with van der Waals surface area (Å²) in [5.74, 6) is 0.585. The van der Waals surface area contributed by atoms with Crippen molar-refractivity contribution in [3.63, 3.8) is 0 Å². The molecule has 1 aliphatic rings. The highest BCUT2D eigenvalue weighted by Gasteiger charge is 2.31. The van der Waals surface area contributed by atoms with Gasteiger partial charge in [-0.25, -0.2) is 4.39 Å². The van der Waals surface area contributed by atoms with Gasteiger partial charge in [-0.3, -0.25) is 0 Å². The maximum Gasteiger partial charge on any atom is 0.322 e. The highest BCUT2D eigenvalue weighted by Crippen LogP contribution is 2.38. The fourth-order valence-electron chi connectivity index (χ4n) is 3.65. The number of anilines is 3. The SMILES string of the molecule is COc1nc(NCc2cccc(F)c2)nc(N2c3cccc(CN)c3CC2C)n1. The standard InChI is InChI=1S/C21H23FN6O/c1-13-9-17-15(11-23)6-4-8-18(17)28(13)20-25-19(26-21(27-20)29-2)24-12-14-5-3-7-16(22)10-14/h3-8,10,13H,9,11-12,23H2,1-2H3,(H,24,25,26,27). The Balaban J connectivity index is 1.66. The maximum atomic E-state index is 13.4. The van der Waals surface area contributed by atoms with Crippen LogP contribution in [0.2, 0.25) is 0 Å². The zero-order valence-electron chi connectivity index (χ0n) is 16.4. The zero-order chi connectivity index (χ0) is 20.4. The fraction of sp³-hybridized carbons (Fsp3) is 0.286. The average molecular weight is 394 g/mol. The monoisotopic (exact) mass is 394 g/mol. The fourth-order valence-corrected chi connectivity index (χ4v) is 3.65. The highest BCUT2D eigenvalue weighted by atomic mass is 19.1. The molecule has 0 amide bonds. The van der Waals surface area contributed by atoms with E-state index in [1.54, 1.807) is 6.07 Å². The number of methoxy groups -OCH3 is 1. The molecule has 0 aliphatic carbocycles. The van der Waals surface area contributed by atoms with Crippen molar-refractivity contribution in [1.29, 1.82) is 0 Å². The summed E-state index contributed by atoms with van der Waals surface area (Å²) in [5, 5.41) is 3.13. The van der Waals surface area contributed by atoms with E-state index in [0.717, 1.165) is 23.2 Å². The molecule has 2 heterocycles. The van der Waals surface area contributed by atoms with E-state index in [1.165, 1.54) is 24.8 Å². The largest absolute Gasteiger partial charge is 0.467 e. The van der Waals surface area contributed by atoms with Crippen LogP contribution < -0.4 is 20.7 Å². The van der Waals surface area contributed by atoms with Gasteiger partial charge < -0.3 is 20.7 Å². The summed E-state index contributed by atoms with van der Waals surface area (Å²) in [6.45, 7) is 2.99. The molecule has 29 heavy (non-hydrogen) atoms. The summed E-state index contributed by atoms with van der Waals surface area (Å²) in [6.07, 6.45) is 0.864. The minimum absolute atomic E-state index is 0.167. The number of hydrogen-bond acceptors (Lipinski definition) is 7. The van der Waals surface area contributed by atoms with Crippen LogP contribution >= 0.6 is 0 Å². The van der Waals surface area contributed by atoms with Crippen LogP contribution in [0.4, 0.5) is 22.0 Å². The Hall–Kier alpha value is -3.26. The molecule has 0 saturated carbocycles. The van der Waals surface area contributed by atoms with Crippen LogP contribution in [0.15, 0.2) is 42.5 Å². The van der Waals surface area contributed by atoms with E-state index in [-0.39, 0.29) is 17.9 Å². The Morgan fingerprint density at radius 1 is 1.21 bits per heavy atom. The first-order chi connectivity index (χ1) is 14.1. The molecule has 150 valence electrons. The summed E-state index contributed by atoms with van der Waals surface area (Å²) in [7, 11) is 1.52. The van der Waals surface area contributed by atoms with Gasteiger partial charge in [0.1, 0.15) is 5.82 Å². The van der Waals surface area contributed by atoms with Crippen LogP contribution in [0.3, 0.4) is 0 Å². The molecule has 1 atom stereocenters. The highest BCUT2D eigenvalue weighted by molar-refractivity contribution is 5.69.